The first-order valence-electron chi connectivity index (χ1n) is 9.53. The number of ether oxygens (including phenoxy) is 1. The molecule has 1 aromatic heterocycles. The van der Waals surface area contributed by atoms with Crippen molar-refractivity contribution in [3.63, 3.8) is 0 Å². The third kappa shape index (κ3) is 4.76. The minimum Gasteiger partial charge on any atom is -0.462 e. The monoisotopic (exact) mass is 378 g/mol. The number of anilines is 1. The van der Waals surface area contributed by atoms with Crippen LogP contribution in [0.15, 0.2) is 48.5 Å². The summed E-state index contributed by atoms with van der Waals surface area (Å²) < 4.78 is 7.51. The summed E-state index contributed by atoms with van der Waals surface area (Å²) in [5.74, 6) is 1.04. The number of aromatic nitrogens is 3. The molecule has 146 valence electrons. The summed E-state index contributed by atoms with van der Waals surface area (Å²) in [5, 5.41) is 7.45. The van der Waals surface area contributed by atoms with Crippen molar-refractivity contribution in [2.75, 3.05) is 11.9 Å². The fourth-order valence-corrected chi connectivity index (χ4v) is 2.63. The molecule has 3 rings (SSSR count). The van der Waals surface area contributed by atoms with Gasteiger partial charge in [-0.3, -0.25) is 4.79 Å². The molecule has 2 aromatic carbocycles. The van der Waals surface area contributed by atoms with Crippen LogP contribution in [0.4, 0.5) is 5.69 Å². The number of nitrogens with zero attached hydrogens (tertiary/aromatic N) is 3. The number of nitrogens with one attached hydrogen (secondary N) is 1. The van der Waals surface area contributed by atoms with Crippen molar-refractivity contribution < 1.29 is 9.53 Å². The Morgan fingerprint density at radius 2 is 1.93 bits per heavy atom. The van der Waals surface area contributed by atoms with Crippen molar-refractivity contribution in [2.45, 2.75) is 34.1 Å². The third-order valence-electron chi connectivity index (χ3n) is 4.14. The van der Waals surface area contributed by atoms with Crippen molar-refractivity contribution >= 4 is 11.6 Å². The lowest BCUT2D eigenvalue weighted by Crippen LogP contribution is -2.10. The Labute approximate surface area is 165 Å². The summed E-state index contributed by atoms with van der Waals surface area (Å²) in [5.41, 5.74) is 3.64. The van der Waals surface area contributed by atoms with E-state index in [1.54, 1.807) is 4.68 Å². The molecule has 1 heterocycles. The Bertz CT molecular complexity index is 945. The predicted octanol–water partition coefficient (Wildman–Crippen LogP) is 4.63. The predicted molar refractivity (Wildman–Crippen MR) is 111 cm³/mol. The third-order valence-corrected chi connectivity index (χ3v) is 4.14. The van der Waals surface area contributed by atoms with Crippen LogP contribution in [0, 0.1) is 12.8 Å². The van der Waals surface area contributed by atoms with Crippen LogP contribution in [0.25, 0.3) is 17.1 Å². The van der Waals surface area contributed by atoms with Gasteiger partial charge in [-0.15, -0.1) is 5.10 Å². The number of amides is 1. The highest BCUT2D eigenvalue weighted by Gasteiger charge is 2.15. The number of benzene rings is 2. The molecular formula is C22H26N4O2. The smallest absolute Gasteiger partial charge is 0.336 e. The van der Waals surface area contributed by atoms with E-state index in [1.807, 2.05) is 62.4 Å². The van der Waals surface area contributed by atoms with Crippen LogP contribution in [0.5, 0.6) is 6.01 Å². The first-order chi connectivity index (χ1) is 13.5. The maximum absolute atomic E-state index is 11.7. The Kier molecular flexibility index (Phi) is 6.09. The Balaban J connectivity index is 2.01. The molecule has 6 nitrogen and oxygen atoms in total. The molecule has 1 N–H and O–H groups in total. The number of hydrogen-bond donors (Lipinski definition) is 1. The van der Waals surface area contributed by atoms with Crippen molar-refractivity contribution in [1.82, 2.24) is 14.8 Å². The number of carbonyl (C=O) groups excluding carboxylic acids is 1. The summed E-state index contributed by atoms with van der Waals surface area (Å²) in [4.78, 5) is 16.3. The largest absolute Gasteiger partial charge is 0.462 e. The van der Waals surface area contributed by atoms with Gasteiger partial charge >= 0.3 is 6.01 Å². The van der Waals surface area contributed by atoms with Gasteiger partial charge in [-0.05, 0) is 31.0 Å². The zero-order valence-electron chi connectivity index (χ0n) is 16.8. The van der Waals surface area contributed by atoms with Gasteiger partial charge in [0.25, 0.3) is 0 Å². The Hall–Kier alpha value is -3.15. The van der Waals surface area contributed by atoms with Crippen molar-refractivity contribution in [3.8, 4) is 23.1 Å². The molecule has 0 bridgehead atoms. The first-order valence-corrected chi connectivity index (χ1v) is 9.53. The van der Waals surface area contributed by atoms with Gasteiger partial charge < -0.3 is 10.1 Å². The molecule has 0 aliphatic rings. The summed E-state index contributed by atoms with van der Waals surface area (Å²) in [6.45, 7) is 8.58. The van der Waals surface area contributed by atoms with Gasteiger partial charge in [-0.1, -0.05) is 56.7 Å². The van der Waals surface area contributed by atoms with Crippen molar-refractivity contribution in [3.05, 3.63) is 54.1 Å². The molecule has 3 aromatic rings. The van der Waals surface area contributed by atoms with Crippen molar-refractivity contribution in [1.29, 1.82) is 0 Å². The summed E-state index contributed by atoms with van der Waals surface area (Å²) in [7, 11) is 0. The molecular weight excluding hydrogens is 352 g/mol. The lowest BCUT2D eigenvalue weighted by molar-refractivity contribution is -0.115. The molecule has 0 unspecified atom stereocenters. The quantitative estimate of drug-likeness (QED) is 0.651. The topological polar surface area (TPSA) is 69.0 Å². The van der Waals surface area contributed by atoms with E-state index in [2.05, 4.69) is 29.2 Å². The zero-order chi connectivity index (χ0) is 20.1. The minimum atomic E-state index is -0.0320. The highest BCUT2D eigenvalue weighted by molar-refractivity contribution is 5.90. The number of rotatable bonds is 7. The van der Waals surface area contributed by atoms with Crippen LogP contribution in [0.2, 0.25) is 0 Å². The van der Waals surface area contributed by atoms with E-state index >= 15 is 0 Å². The van der Waals surface area contributed by atoms with Crippen LogP contribution in [0.1, 0.15) is 32.8 Å². The lowest BCUT2D eigenvalue weighted by Gasteiger charge is -2.09. The van der Waals surface area contributed by atoms with Gasteiger partial charge in [0, 0.05) is 17.7 Å². The van der Waals surface area contributed by atoms with Gasteiger partial charge in [0.15, 0.2) is 5.82 Å². The Morgan fingerprint density at radius 3 is 2.61 bits per heavy atom. The van der Waals surface area contributed by atoms with Gasteiger partial charge in [0.1, 0.15) is 0 Å². The van der Waals surface area contributed by atoms with Gasteiger partial charge in [0.2, 0.25) is 5.91 Å². The van der Waals surface area contributed by atoms with E-state index in [9.17, 15) is 4.79 Å². The van der Waals surface area contributed by atoms with Crippen LogP contribution in [-0.4, -0.2) is 27.3 Å². The van der Waals surface area contributed by atoms with E-state index in [4.69, 9.17) is 4.74 Å². The van der Waals surface area contributed by atoms with Gasteiger partial charge in [-0.25, -0.2) is 4.68 Å². The van der Waals surface area contributed by atoms with E-state index in [0.29, 0.717) is 30.8 Å². The zero-order valence-corrected chi connectivity index (χ0v) is 16.8. The highest BCUT2D eigenvalue weighted by atomic mass is 16.5. The SMILES string of the molecule is CCC(=O)Nc1cccc(-n2nc(OCC(C)C)nc2-c2ccc(C)cc2)c1. The van der Waals surface area contributed by atoms with E-state index in [0.717, 1.165) is 16.9 Å². The molecule has 0 saturated heterocycles. The van der Waals surface area contributed by atoms with Crippen molar-refractivity contribution in [2.24, 2.45) is 5.92 Å². The second-order valence-corrected chi connectivity index (χ2v) is 7.15. The van der Waals surface area contributed by atoms with Gasteiger partial charge in [0.05, 0.1) is 12.3 Å². The van der Waals surface area contributed by atoms with Gasteiger partial charge in [-0.2, -0.15) is 4.98 Å². The summed E-state index contributed by atoms with van der Waals surface area (Å²) in [6, 6.07) is 16.0. The minimum absolute atomic E-state index is 0.0320. The summed E-state index contributed by atoms with van der Waals surface area (Å²) in [6.07, 6.45) is 0.426. The molecule has 0 aliphatic carbocycles. The number of hydrogen-bond acceptors (Lipinski definition) is 4. The molecule has 0 fully saturated rings. The average molecular weight is 378 g/mol. The van der Waals surface area contributed by atoms with E-state index < -0.39 is 0 Å². The maximum Gasteiger partial charge on any atom is 0.336 e. The van der Waals surface area contributed by atoms with E-state index in [1.165, 1.54) is 5.56 Å². The molecule has 28 heavy (non-hydrogen) atoms. The first kappa shape index (κ1) is 19.6. The lowest BCUT2D eigenvalue weighted by atomic mass is 10.1. The number of carbonyl (C=O) groups is 1. The molecule has 0 saturated carbocycles. The normalized spacial score (nSPS) is 10.9. The molecule has 6 heteroatoms. The maximum atomic E-state index is 11.7. The van der Waals surface area contributed by atoms with Crippen LogP contribution >= 0.6 is 0 Å². The van der Waals surface area contributed by atoms with Crippen LogP contribution in [0.3, 0.4) is 0 Å². The van der Waals surface area contributed by atoms with E-state index in [-0.39, 0.29) is 5.91 Å². The second kappa shape index (κ2) is 8.69. The molecule has 1 amide bonds. The molecule has 0 spiro atoms. The summed E-state index contributed by atoms with van der Waals surface area (Å²) >= 11 is 0. The fraction of sp³-hybridized carbons (Fsp3) is 0.318. The molecule has 0 radical (unpaired) electrons. The fourth-order valence-electron chi connectivity index (χ4n) is 2.63. The molecule has 0 aliphatic heterocycles. The standard InChI is InChI=1S/C22H26N4O2/c1-5-20(27)23-18-7-6-8-19(13-18)26-21(17-11-9-16(4)10-12-17)24-22(25-26)28-14-15(2)3/h6-13,15H,5,14H2,1-4H3,(H,23,27). The number of aryl methyl sites for hydroxylation is 1. The highest BCUT2D eigenvalue weighted by Crippen LogP contribution is 2.25. The molecule has 0 atom stereocenters. The van der Waals surface area contributed by atoms with Crippen LogP contribution in [-0.2, 0) is 4.79 Å². The average Bonchev–Trinajstić information content (AvgIpc) is 3.11. The van der Waals surface area contributed by atoms with Crippen LogP contribution < -0.4 is 10.1 Å². The Morgan fingerprint density at radius 1 is 1.18 bits per heavy atom. The second-order valence-electron chi connectivity index (χ2n) is 7.15.